The predicted molar refractivity (Wildman–Crippen MR) is 128 cm³/mol. The van der Waals surface area contributed by atoms with E-state index in [0.29, 0.717) is 47.6 Å². The van der Waals surface area contributed by atoms with Crippen molar-refractivity contribution in [2.75, 3.05) is 19.5 Å². The maximum atomic E-state index is 13.4. The average Bonchev–Trinajstić information content (AvgIpc) is 3.31. The van der Waals surface area contributed by atoms with Gasteiger partial charge >= 0.3 is 5.97 Å². The van der Waals surface area contributed by atoms with Gasteiger partial charge < -0.3 is 14.6 Å². The summed E-state index contributed by atoms with van der Waals surface area (Å²) in [4.78, 5) is 17.2. The number of sulfone groups is 1. The maximum absolute atomic E-state index is 13.4. The van der Waals surface area contributed by atoms with Gasteiger partial charge in [-0.1, -0.05) is 11.3 Å². The van der Waals surface area contributed by atoms with Crippen LogP contribution < -0.4 is 4.74 Å². The minimum atomic E-state index is -3.66. The van der Waals surface area contributed by atoms with Crippen LogP contribution in [-0.2, 0) is 14.6 Å². The standard InChI is InChI=1S/C23H29N3O6S2/c1-5-32-21(27)20-25-26-19(14(2)24-22(26)33-20)16-6-7-17(31-4)18(12-16)34(29,30)13-15-8-10-23(3,28)11-9-15/h6-7,12,15,28H,5,8-11,13H2,1-4H3. The lowest BCUT2D eigenvalue weighted by Gasteiger charge is -2.32. The summed E-state index contributed by atoms with van der Waals surface area (Å²) in [6, 6.07) is 4.98. The highest BCUT2D eigenvalue weighted by molar-refractivity contribution is 7.91. The number of aliphatic hydroxyl groups is 1. The Balaban J connectivity index is 1.71. The van der Waals surface area contributed by atoms with E-state index >= 15 is 0 Å². The van der Waals surface area contributed by atoms with Crippen LogP contribution in [0.1, 0.15) is 55.0 Å². The molecule has 2 aromatic heterocycles. The zero-order valence-electron chi connectivity index (χ0n) is 19.7. The number of esters is 1. The van der Waals surface area contributed by atoms with Crippen LogP contribution in [0.4, 0.5) is 0 Å². The van der Waals surface area contributed by atoms with Gasteiger partial charge in [-0.2, -0.15) is 0 Å². The molecule has 4 rings (SSSR count). The fraction of sp³-hybridized carbons (Fsp3) is 0.522. The molecule has 0 radical (unpaired) electrons. The molecule has 1 saturated carbocycles. The van der Waals surface area contributed by atoms with Crippen LogP contribution in [0.5, 0.6) is 5.75 Å². The SMILES string of the molecule is CCOC(=O)c1nn2c(-c3ccc(OC)c(S(=O)(=O)CC4CCC(C)(O)CC4)c3)c(C)nc2s1. The van der Waals surface area contributed by atoms with Gasteiger partial charge in [0.25, 0.3) is 0 Å². The average molecular weight is 508 g/mol. The second-order valence-corrected chi connectivity index (χ2v) is 11.9. The molecule has 3 aromatic rings. The van der Waals surface area contributed by atoms with E-state index in [9.17, 15) is 18.3 Å². The van der Waals surface area contributed by atoms with E-state index in [1.165, 1.54) is 7.11 Å². The second-order valence-electron chi connectivity index (χ2n) is 8.96. The minimum Gasteiger partial charge on any atom is -0.495 e. The summed E-state index contributed by atoms with van der Waals surface area (Å²) in [6.07, 6.45) is 2.49. The van der Waals surface area contributed by atoms with Gasteiger partial charge in [-0.05, 0) is 70.6 Å². The third-order valence-corrected chi connectivity index (χ3v) is 9.03. The molecule has 1 N–H and O–H groups in total. The van der Waals surface area contributed by atoms with Crippen molar-refractivity contribution in [2.45, 2.75) is 57.0 Å². The molecule has 1 aromatic carbocycles. The van der Waals surface area contributed by atoms with E-state index in [2.05, 4.69) is 10.1 Å². The van der Waals surface area contributed by atoms with Gasteiger partial charge in [0.2, 0.25) is 9.97 Å². The molecule has 0 bridgehead atoms. The van der Waals surface area contributed by atoms with Crippen LogP contribution in [0.25, 0.3) is 16.2 Å². The van der Waals surface area contributed by atoms with Crippen LogP contribution >= 0.6 is 11.3 Å². The van der Waals surface area contributed by atoms with E-state index in [-0.39, 0.29) is 33.9 Å². The minimum absolute atomic E-state index is 0.00655. The molecule has 1 fully saturated rings. The molecule has 1 aliphatic rings. The molecule has 0 unspecified atom stereocenters. The predicted octanol–water partition coefficient (Wildman–Crippen LogP) is 3.67. The number of benzene rings is 1. The maximum Gasteiger partial charge on any atom is 0.369 e. The van der Waals surface area contributed by atoms with Gasteiger partial charge in [-0.15, -0.1) is 5.10 Å². The molecule has 2 heterocycles. The van der Waals surface area contributed by atoms with Gasteiger partial charge in [0.1, 0.15) is 10.6 Å². The lowest BCUT2D eigenvalue weighted by Crippen LogP contribution is -2.32. The molecule has 0 amide bonds. The Morgan fingerprint density at radius 2 is 2.03 bits per heavy atom. The van der Waals surface area contributed by atoms with Crippen molar-refractivity contribution in [2.24, 2.45) is 5.92 Å². The number of hydrogen-bond donors (Lipinski definition) is 1. The summed E-state index contributed by atoms with van der Waals surface area (Å²) in [5.74, 6) is -0.276. The zero-order valence-corrected chi connectivity index (χ0v) is 21.3. The van der Waals surface area contributed by atoms with E-state index in [1.54, 1.807) is 36.6 Å². The van der Waals surface area contributed by atoms with E-state index in [0.717, 1.165) is 11.3 Å². The van der Waals surface area contributed by atoms with Crippen LogP contribution in [0.3, 0.4) is 0 Å². The third-order valence-electron chi connectivity index (χ3n) is 6.24. The summed E-state index contributed by atoms with van der Waals surface area (Å²) < 4.78 is 38.9. The number of fused-ring (bicyclic) bond motifs is 1. The Morgan fingerprint density at radius 1 is 1.32 bits per heavy atom. The van der Waals surface area contributed by atoms with Gasteiger partial charge in [0.15, 0.2) is 9.84 Å². The van der Waals surface area contributed by atoms with E-state index in [1.807, 2.05) is 6.92 Å². The second kappa shape index (κ2) is 9.27. The number of hydrogen-bond acceptors (Lipinski definition) is 9. The lowest BCUT2D eigenvalue weighted by molar-refractivity contribution is 0.0108. The summed E-state index contributed by atoms with van der Waals surface area (Å²) >= 11 is 1.12. The van der Waals surface area contributed by atoms with E-state index in [4.69, 9.17) is 9.47 Å². The Labute approximate surface area is 202 Å². The van der Waals surface area contributed by atoms with Crippen LogP contribution in [-0.4, -0.2) is 59.2 Å². The molecular formula is C23H29N3O6S2. The fourth-order valence-corrected chi connectivity index (χ4v) is 7.13. The molecule has 1 aliphatic carbocycles. The van der Waals surface area contributed by atoms with Gasteiger partial charge in [-0.3, -0.25) is 0 Å². The molecule has 0 atom stereocenters. The fourth-order valence-electron chi connectivity index (χ4n) is 4.39. The summed E-state index contributed by atoms with van der Waals surface area (Å²) in [7, 11) is -2.22. The first-order valence-corrected chi connectivity index (χ1v) is 13.7. The highest BCUT2D eigenvalue weighted by Gasteiger charge is 2.33. The molecule has 11 heteroatoms. The summed E-state index contributed by atoms with van der Waals surface area (Å²) in [5.41, 5.74) is 1.15. The first kappa shape index (κ1) is 24.6. The molecule has 34 heavy (non-hydrogen) atoms. The monoisotopic (exact) mass is 507 g/mol. The number of rotatable bonds is 7. The molecule has 184 valence electrons. The van der Waals surface area contributed by atoms with Gasteiger partial charge in [0.05, 0.1) is 36.5 Å². The highest BCUT2D eigenvalue weighted by atomic mass is 32.2. The normalized spacial score (nSPS) is 21.0. The van der Waals surface area contributed by atoms with Gasteiger partial charge in [-0.25, -0.2) is 22.7 Å². The lowest BCUT2D eigenvalue weighted by atomic mass is 9.81. The topological polar surface area (TPSA) is 120 Å². The smallest absolute Gasteiger partial charge is 0.369 e. The third kappa shape index (κ3) is 4.82. The van der Waals surface area contributed by atoms with Crippen molar-refractivity contribution in [1.29, 1.82) is 0 Å². The van der Waals surface area contributed by atoms with Crippen molar-refractivity contribution in [1.82, 2.24) is 14.6 Å². The number of carbonyl (C=O) groups excluding carboxylic acids is 1. The quantitative estimate of drug-likeness (QED) is 0.481. The number of aromatic nitrogens is 3. The Kier molecular flexibility index (Phi) is 6.71. The molecular weight excluding hydrogens is 478 g/mol. The first-order valence-electron chi connectivity index (χ1n) is 11.2. The largest absolute Gasteiger partial charge is 0.495 e. The summed E-state index contributed by atoms with van der Waals surface area (Å²) in [6.45, 7) is 5.57. The zero-order chi connectivity index (χ0) is 24.7. The van der Waals surface area contributed by atoms with Crippen molar-refractivity contribution < 1.29 is 27.8 Å². The first-order chi connectivity index (χ1) is 16.0. The number of imidazole rings is 1. The Morgan fingerprint density at radius 3 is 2.68 bits per heavy atom. The number of carbonyl (C=O) groups is 1. The van der Waals surface area contributed by atoms with Crippen molar-refractivity contribution in [3.05, 3.63) is 28.9 Å². The molecule has 0 saturated heterocycles. The van der Waals surface area contributed by atoms with Crippen LogP contribution in [0, 0.1) is 12.8 Å². The van der Waals surface area contributed by atoms with Crippen molar-refractivity contribution >= 4 is 32.1 Å². The van der Waals surface area contributed by atoms with E-state index < -0.39 is 21.4 Å². The number of nitrogens with zero attached hydrogens (tertiary/aromatic N) is 3. The van der Waals surface area contributed by atoms with Crippen molar-refractivity contribution in [3.8, 4) is 17.0 Å². The van der Waals surface area contributed by atoms with Gasteiger partial charge in [0, 0.05) is 5.56 Å². The van der Waals surface area contributed by atoms with Crippen LogP contribution in [0.15, 0.2) is 23.1 Å². The number of aryl methyl sites for hydroxylation is 1. The van der Waals surface area contributed by atoms with Crippen LogP contribution in [0.2, 0.25) is 0 Å². The molecule has 9 nitrogen and oxygen atoms in total. The molecule has 0 spiro atoms. The number of methoxy groups -OCH3 is 1. The Hall–Kier alpha value is -2.50. The molecule has 0 aliphatic heterocycles. The summed E-state index contributed by atoms with van der Waals surface area (Å²) in [5, 5.41) is 14.7. The number of ether oxygens (including phenoxy) is 2. The highest BCUT2D eigenvalue weighted by Crippen LogP contribution is 2.37. The Bertz CT molecular complexity index is 1320. The van der Waals surface area contributed by atoms with Crippen molar-refractivity contribution in [3.63, 3.8) is 0 Å².